The second-order valence-electron chi connectivity index (χ2n) is 5.33. The summed E-state index contributed by atoms with van der Waals surface area (Å²) in [6, 6.07) is 4.38. The highest BCUT2D eigenvalue weighted by Crippen LogP contribution is 2.59. The Kier molecular flexibility index (Phi) is 5.93. The van der Waals surface area contributed by atoms with E-state index in [1.807, 2.05) is 0 Å². The minimum absolute atomic E-state index is 0.139. The number of carbonyl (C=O) groups excluding carboxylic acids is 1. The molecular weight excluding hydrogens is 470 g/mol. The molecule has 1 amide bonds. The molecule has 0 fully saturated rings. The summed E-state index contributed by atoms with van der Waals surface area (Å²) in [5.41, 5.74) is -5.84. The molecule has 1 aliphatic heterocycles. The van der Waals surface area contributed by atoms with Crippen molar-refractivity contribution in [3.63, 3.8) is 0 Å². The molecule has 1 aliphatic rings. The van der Waals surface area contributed by atoms with Crippen molar-refractivity contribution in [1.29, 1.82) is 0 Å². The number of rotatable bonds is 1. The number of nitrogens with zero attached hydrogens (tertiary/aromatic N) is 1. The van der Waals surface area contributed by atoms with Gasteiger partial charge in [-0.1, -0.05) is 23.4 Å². The van der Waals surface area contributed by atoms with Gasteiger partial charge >= 0.3 is 18.5 Å². The molecule has 0 saturated carbocycles. The van der Waals surface area contributed by atoms with Crippen LogP contribution >= 0.6 is 23.4 Å². The molecule has 0 radical (unpaired) electrons. The minimum Gasteiger partial charge on any atom is -0.301 e. The third-order valence-electron chi connectivity index (χ3n) is 3.39. The van der Waals surface area contributed by atoms with Crippen molar-refractivity contribution < 1.29 is 48.7 Å². The van der Waals surface area contributed by atoms with E-state index in [4.69, 9.17) is 11.6 Å². The van der Waals surface area contributed by atoms with Crippen LogP contribution in [0.3, 0.4) is 0 Å². The van der Waals surface area contributed by atoms with E-state index in [9.17, 15) is 48.7 Å². The van der Waals surface area contributed by atoms with E-state index in [1.54, 1.807) is 0 Å². The molecule has 0 aliphatic carbocycles. The lowest BCUT2D eigenvalue weighted by Gasteiger charge is -2.31. The molecule has 0 aromatic heterocycles. The summed E-state index contributed by atoms with van der Waals surface area (Å²) in [5, 5.41) is 0.132. The standard InChI is InChI=1S/C14H5ClF10N2OS/c15-6-3-1-5(2-4-6)9(28)26-10-27-11(13(20,21)22,14(23,24)25)8(29-10)7(16)12(17,18)19/h1-4H,(H,26,27,28). The molecule has 1 aromatic carbocycles. The number of aliphatic imine (C=N–C) groups is 1. The van der Waals surface area contributed by atoms with E-state index in [1.165, 1.54) is 5.32 Å². The third-order valence-corrected chi connectivity index (χ3v) is 4.71. The van der Waals surface area contributed by atoms with E-state index in [-0.39, 0.29) is 10.6 Å². The number of benzene rings is 1. The van der Waals surface area contributed by atoms with Crippen LogP contribution in [0.25, 0.3) is 0 Å². The smallest absolute Gasteiger partial charge is 0.301 e. The monoisotopic (exact) mass is 474 g/mol. The molecule has 0 atom stereocenters. The van der Waals surface area contributed by atoms with Crippen LogP contribution in [0.4, 0.5) is 43.9 Å². The van der Waals surface area contributed by atoms with Crippen LogP contribution in [0.1, 0.15) is 10.4 Å². The fourth-order valence-corrected chi connectivity index (χ4v) is 3.37. The Morgan fingerprint density at radius 2 is 1.45 bits per heavy atom. The third kappa shape index (κ3) is 4.32. The fraction of sp³-hybridized carbons (Fsp3) is 0.286. The highest BCUT2D eigenvalue weighted by atomic mass is 35.5. The van der Waals surface area contributed by atoms with Gasteiger partial charge in [0.05, 0.1) is 4.91 Å². The minimum atomic E-state index is -6.50. The molecule has 29 heavy (non-hydrogen) atoms. The Labute approximate surface area is 163 Å². The molecule has 2 rings (SSSR count). The summed E-state index contributed by atoms with van der Waals surface area (Å²) in [7, 11) is 0. The first-order chi connectivity index (χ1) is 13.0. The van der Waals surface area contributed by atoms with Gasteiger partial charge in [-0.25, -0.2) is 9.38 Å². The molecule has 15 heteroatoms. The van der Waals surface area contributed by atoms with Crippen LogP contribution in [0.15, 0.2) is 40.0 Å². The van der Waals surface area contributed by atoms with Crippen molar-refractivity contribution in [3.05, 3.63) is 45.6 Å². The molecule has 0 saturated heterocycles. The first-order valence-electron chi connectivity index (χ1n) is 6.96. The number of alkyl halides is 9. The SMILES string of the molecule is O=C(NC1=NC(C(F)(F)F)(C(F)(F)F)C(=C(F)C(F)(F)F)S1)c1ccc(Cl)cc1. The molecule has 0 unspecified atom stereocenters. The number of thioether (sulfide) groups is 1. The Bertz CT molecular complexity index is 856. The number of hydrogen-bond donors (Lipinski definition) is 1. The van der Waals surface area contributed by atoms with Crippen molar-refractivity contribution in [2.45, 2.75) is 24.1 Å². The van der Waals surface area contributed by atoms with Gasteiger partial charge in [0.2, 0.25) is 5.83 Å². The van der Waals surface area contributed by atoms with E-state index >= 15 is 0 Å². The van der Waals surface area contributed by atoms with Gasteiger partial charge in [0, 0.05) is 10.6 Å². The van der Waals surface area contributed by atoms with E-state index < -0.39 is 57.6 Å². The van der Waals surface area contributed by atoms with Crippen LogP contribution in [0.5, 0.6) is 0 Å². The van der Waals surface area contributed by atoms with Gasteiger partial charge in [-0.3, -0.25) is 4.79 Å². The lowest BCUT2D eigenvalue weighted by Crippen LogP contribution is -2.55. The second kappa shape index (κ2) is 7.38. The van der Waals surface area contributed by atoms with Crippen LogP contribution in [0, 0.1) is 0 Å². The average Bonchev–Trinajstić information content (AvgIpc) is 2.94. The Hall–Kier alpha value is -1.96. The number of allylic oxidation sites excluding steroid dienone is 1. The summed E-state index contributed by atoms with van der Waals surface area (Å²) >= 11 is 4.63. The lowest BCUT2D eigenvalue weighted by atomic mass is 9.97. The second-order valence-corrected chi connectivity index (χ2v) is 6.76. The summed E-state index contributed by atoms with van der Waals surface area (Å²) in [5.74, 6) is -4.93. The maximum absolute atomic E-state index is 13.6. The van der Waals surface area contributed by atoms with E-state index in [0.29, 0.717) is 0 Å². The first kappa shape index (κ1) is 23.3. The van der Waals surface area contributed by atoms with Gasteiger partial charge in [-0.15, -0.1) is 0 Å². The summed E-state index contributed by atoms with van der Waals surface area (Å²) < 4.78 is 131. The predicted molar refractivity (Wildman–Crippen MR) is 83.0 cm³/mol. The summed E-state index contributed by atoms with van der Waals surface area (Å²) in [6.45, 7) is 0. The lowest BCUT2D eigenvalue weighted by molar-refractivity contribution is -0.280. The molecule has 3 nitrogen and oxygen atoms in total. The molecule has 160 valence electrons. The number of carbonyl (C=O) groups is 1. The van der Waals surface area contributed by atoms with Crippen LogP contribution in [-0.2, 0) is 0 Å². The largest absolute Gasteiger partial charge is 0.443 e. The van der Waals surface area contributed by atoms with Gasteiger partial charge in [-0.2, -0.15) is 39.5 Å². The predicted octanol–water partition coefficient (Wildman–Crippen LogP) is 5.78. The summed E-state index contributed by atoms with van der Waals surface area (Å²) in [4.78, 5) is 11.4. The van der Waals surface area contributed by atoms with Crippen LogP contribution in [-0.4, -0.2) is 35.1 Å². The Morgan fingerprint density at radius 3 is 1.86 bits per heavy atom. The molecule has 0 spiro atoms. The van der Waals surface area contributed by atoms with Gasteiger partial charge in [-0.05, 0) is 24.3 Å². The van der Waals surface area contributed by atoms with Crippen LogP contribution < -0.4 is 5.32 Å². The van der Waals surface area contributed by atoms with Gasteiger partial charge in [0.25, 0.3) is 11.4 Å². The number of halogens is 11. The molecule has 1 aromatic rings. The number of amides is 1. The highest BCUT2D eigenvalue weighted by Gasteiger charge is 2.77. The van der Waals surface area contributed by atoms with Crippen molar-refractivity contribution in [1.82, 2.24) is 5.32 Å². The van der Waals surface area contributed by atoms with Crippen molar-refractivity contribution in [3.8, 4) is 0 Å². The fourth-order valence-electron chi connectivity index (χ4n) is 2.10. The van der Waals surface area contributed by atoms with Crippen molar-refractivity contribution >= 4 is 34.4 Å². The van der Waals surface area contributed by atoms with Crippen molar-refractivity contribution in [2.75, 3.05) is 0 Å². The Morgan fingerprint density at radius 1 is 0.966 bits per heavy atom. The maximum atomic E-state index is 13.6. The first-order valence-corrected chi connectivity index (χ1v) is 8.15. The molecule has 1 heterocycles. The molecular formula is C14H5ClF10N2OS. The topological polar surface area (TPSA) is 41.5 Å². The summed E-state index contributed by atoms with van der Waals surface area (Å²) in [6.07, 6.45) is -19.2. The normalized spacial score (nSPS) is 19.1. The van der Waals surface area contributed by atoms with Crippen LogP contribution in [0.2, 0.25) is 5.02 Å². The molecule has 0 bridgehead atoms. The van der Waals surface area contributed by atoms with Crippen molar-refractivity contribution in [2.24, 2.45) is 4.99 Å². The van der Waals surface area contributed by atoms with Gasteiger partial charge < -0.3 is 5.32 Å². The number of hydrogen-bond acceptors (Lipinski definition) is 3. The van der Waals surface area contributed by atoms with E-state index in [0.717, 1.165) is 24.3 Å². The van der Waals surface area contributed by atoms with Gasteiger partial charge in [0.1, 0.15) is 0 Å². The zero-order valence-corrected chi connectivity index (χ0v) is 14.8. The average molecular weight is 475 g/mol. The zero-order chi connectivity index (χ0) is 22.4. The van der Waals surface area contributed by atoms with E-state index in [2.05, 4.69) is 4.99 Å². The zero-order valence-electron chi connectivity index (χ0n) is 13.2. The highest BCUT2D eigenvalue weighted by molar-refractivity contribution is 8.17. The Balaban J connectivity index is 2.59. The quantitative estimate of drug-likeness (QED) is 0.524. The van der Waals surface area contributed by atoms with Gasteiger partial charge in [0.15, 0.2) is 5.17 Å². The molecule has 1 N–H and O–H groups in total. The number of nitrogens with one attached hydrogen (secondary N) is 1. The number of amidine groups is 1. The maximum Gasteiger partial charge on any atom is 0.443 e.